The molecule has 5 heteroatoms. The molecule has 0 spiro atoms. The molecule has 4 nitrogen and oxygen atoms in total. The van der Waals surface area contributed by atoms with Crippen molar-refractivity contribution in [2.45, 2.75) is 19.9 Å². The average molecular weight is 232 g/mol. The lowest BCUT2D eigenvalue weighted by molar-refractivity contribution is 0.426. The van der Waals surface area contributed by atoms with E-state index in [1.54, 1.807) is 12.1 Å². The lowest BCUT2D eigenvalue weighted by atomic mass is 9.80. The first kappa shape index (κ1) is 12.2. The summed E-state index contributed by atoms with van der Waals surface area (Å²) >= 11 is 0. The van der Waals surface area contributed by atoms with Crippen molar-refractivity contribution < 1.29 is 10.0 Å². The molecule has 0 saturated heterocycles. The van der Waals surface area contributed by atoms with E-state index in [0.29, 0.717) is 17.4 Å². The van der Waals surface area contributed by atoms with Crippen LogP contribution in [0.1, 0.15) is 13.8 Å². The molecular formula is C12H17BN2O2. The number of hydrogen-bond donors (Lipinski definition) is 3. The van der Waals surface area contributed by atoms with Gasteiger partial charge in [0.05, 0.1) is 5.69 Å². The third-order valence-electron chi connectivity index (χ3n) is 2.92. The molecule has 0 aromatic heterocycles. The van der Waals surface area contributed by atoms with E-state index in [2.05, 4.69) is 25.3 Å². The van der Waals surface area contributed by atoms with Crippen LogP contribution in [0.15, 0.2) is 36.5 Å². The summed E-state index contributed by atoms with van der Waals surface area (Å²) in [6.07, 6.45) is 4.12. The first-order chi connectivity index (χ1) is 8.08. The lowest BCUT2D eigenvalue weighted by Crippen LogP contribution is -2.38. The summed E-state index contributed by atoms with van der Waals surface area (Å²) in [6.45, 7) is 4.33. The van der Waals surface area contributed by atoms with Crippen LogP contribution in [0.3, 0.4) is 0 Å². The highest BCUT2D eigenvalue weighted by molar-refractivity contribution is 6.58. The van der Waals surface area contributed by atoms with Gasteiger partial charge in [0.2, 0.25) is 0 Å². The van der Waals surface area contributed by atoms with Crippen LogP contribution in [0.2, 0.25) is 0 Å². The fourth-order valence-corrected chi connectivity index (χ4v) is 1.76. The van der Waals surface area contributed by atoms with Crippen LogP contribution in [0.5, 0.6) is 0 Å². The van der Waals surface area contributed by atoms with Crippen molar-refractivity contribution in [2.75, 3.05) is 5.01 Å². The van der Waals surface area contributed by atoms with E-state index in [-0.39, 0.29) is 0 Å². The van der Waals surface area contributed by atoms with Crippen LogP contribution >= 0.6 is 0 Å². The van der Waals surface area contributed by atoms with Gasteiger partial charge in [0.1, 0.15) is 0 Å². The van der Waals surface area contributed by atoms with Crippen molar-refractivity contribution in [3.63, 3.8) is 0 Å². The highest BCUT2D eigenvalue weighted by atomic mass is 16.4. The van der Waals surface area contributed by atoms with Crippen molar-refractivity contribution in [3.05, 3.63) is 36.5 Å². The number of benzene rings is 1. The van der Waals surface area contributed by atoms with Crippen LogP contribution in [0.4, 0.5) is 5.69 Å². The Kier molecular flexibility index (Phi) is 3.52. The molecule has 2 rings (SSSR count). The predicted molar refractivity (Wildman–Crippen MR) is 69.6 cm³/mol. The Balaban J connectivity index is 2.07. The molecule has 3 N–H and O–H groups in total. The third-order valence-corrected chi connectivity index (χ3v) is 2.92. The SMILES string of the molecule is CC(C)C1C=CN(c2ccc(B(O)O)cc2)N1. The number of hydrazine groups is 1. The van der Waals surface area contributed by atoms with Crippen molar-refractivity contribution in [1.29, 1.82) is 0 Å². The van der Waals surface area contributed by atoms with E-state index in [1.807, 2.05) is 23.3 Å². The summed E-state index contributed by atoms with van der Waals surface area (Å²) < 4.78 is 0. The van der Waals surface area contributed by atoms with Crippen molar-refractivity contribution in [1.82, 2.24) is 5.43 Å². The van der Waals surface area contributed by atoms with Gasteiger partial charge in [0.15, 0.2) is 0 Å². The number of anilines is 1. The Hall–Kier alpha value is -1.30. The van der Waals surface area contributed by atoms with Gasteiger partial charge in [-0.05, 0) is 29.6 Å². The van der Waals surface area contributed by atoms with Crippen molar-refractivity contribution in [2.24, 2.45) is 5.92 Å². The minimum Gasteiger partial charge on any atom is -0.423 e. The van der Waals surface area contributed by atoms with Gasteiger partial charge in [-0.2, -0.15) is 0 Å². The molecule has 1 aromatic carbocycles. The summed E-state index contributed by atoms with van der Waals surface area (Å²) in [5.74, 6) is 0.537. The molecule has 1 heterocycles. The molecule has 1 aromatic rings. The van der Waals surface area contributed by atoms with E-state index in [4.69, 9.17) is 10.0 Å². The molecule has 0 fully saturated rings. The van der Waals surface area contributed by atoms with Gasteiger partial charge in [0.25, 0.3) is 0 Å². The molecule has 1 aliphatic heterocycles. The maximum atomic E-state index is 9.01. The van der Waals surface area contributed by atoms with Crippen molar-refractivity contribution in [3.8, 4) is 0 Å². The zero-order valence-electron chi connectivity index (χ0n) is 10.0. The van der Waals surface area contributed by atoms with Gasteiger partial charge in [-0.15, -0.1) is 0 Å². The maximum Gasteiger partial charge on any atom is 0.488 e. The highest BCUT2D eigenvalue weighted by Gasteiger charge is 2.19. The molecule has 1 atom stereocenters. The molecule has 1 aliphatic rings. The second-order valence-corrected chi connectivity index (χ2v) is 4.58. The molecule has 90 valence electrons. The molecule has 0 radical (unpaired) electrons. The van der Waals surface area contributed by atoms with Crippen LogP contribution in [0.25, 0.3) is 0 Å². The topological polar surface area (TPSA) is 55.7 Å². The highest BCUT2D eigenvalue weighted by Crippen LogP contribution is 2.18. The standard InChI is InChI=1S/C12H17BN2O2/c1-9(2)12-7-8-15(14-12)11-5-3-10(4-6-11)13(16)17/h3-9,12,14,16-17H,1-2H3. The van der Waals surface area contributed by atoms with Crippen molar-refractivity contribution >= 4 is 18.3 Å². The van der Waals surface area contributed by atoms with Gasteiger partial charge in [-0.3, -0.25) is 5.01 Å². The zero-order valence-corrected chi connectivity index (χ0v) is 10.0. The lowest BCUT2D eigenvalue weighted by Gasteiger charge is -2.21. The molecule has 0 amide bonds. The van der Waals surface area contributed by atoms with E-state index in [9.17, 15) is 0 Å². The van der Waals surface area contributed by atoms with E-state index < -0.39 is 7.12 Å². The molecule has 0 bridgehead atoms. The number of hydrogen-bond acceptors (Lipinski definition) is 4. The summed E-state index contributed by atoms with van der Waals surface area (Å²) in [6, 6.07) is 7.47. The van der Waals surface area contributed by atoms with Crippen LogP contribution < -0.4 is 15.9 Å². The molecule has 1 unspecified atom stereocenters. The minimum atomic E-state index is -1.41. The van der Waals surface area contributed by atoms with Crippen LogP contribution in [-0.4, -0.2) is 23.2 Å². The smallest absolute Gasteiger partial charge is 0.423 e. The Morgan fingerprint density at radius 1 is 1.24 bits per heavy atom. The van der Waals surface area contributed by atoms with Gasteiger partial charge >= 0.3 is 7.12 Å². The Labute approximate surface area is 102 Å². The van der Waals surface area contributed by atoms with Gasteiger partial charge in [-0.25, -0.2) is 5.43 Å². The average Bonchev–Trinajstić information content (AvgIpc) is 2.78. The molecule has 17 heavy (non-hydrogen) atoms. The summed E-state index contributed by atoms with van der Waals surface area (Å²) in [4.78, 5) is 0. The van der Waals surface area contributed by atoms with E-state index in [0.717, 1.165) is 5.69 Å². The van der Waals surface area contributed by atoms with Crippen LogP contribution in [0, 0.1) is 5.92 Å². The summed E-state index contributed by atoms with van der Waals surface area (Å²) in [5, 5.41) is 20.0. The van der Waals surface area contributed by atoms with Gasteiger partial charge < -0.3 is 10.0 Å². The first-order valence-corrected chi connectivity index (χ1v) is 5.78. The quantitative estimate of drug-likeness (QED) is 0.653. The Morgan fingerprint density at radius 3 is 2.35 bits per heavy atom. The van der Waals surface area contributed by atoms with E-state index in [1.165, 1.54) is 0 Å². The molecular weight excluding hydrogens is 215 g/mol. The maximum absolute atomic E-state index is 9.01. The fourth-order valence-electron chi connectivity index (χ4n) is 1.76. The van der Waals surface area contributed by atoms with Gasteiger partial charge in [-0.1, -0.05) is 26.0 Å². The number of nitrogens with one attached hydrogen (secondary N) is 1. The van der Waals surface area contributed by atoms with Gasteiger partial charge in [0, 0.05) is 12.2 Å². The first-order valence-electron chi connectivity index (χ1n) is 5.78. The molecule has 0 saturated carbocycles. The molecule has 0 aliphatic carbocycles. The number of nitrogens with zero attached hydrogens (tertiary/aromatic N) is 1. The zero-order chi connectivity index (χ0) is 12.4. The largest absolute Gasteiger partial charge is 0.488 e. The number of rotatable bonds is 3. The summed E-state index contributed by atoms with van der Waals surface area (Å²) in [7, 11) is -1.41. The fraction of sp³-hybridized carbons (Fsp3) is 0.333. The van der Waals surface area contributed by atoms with E-state index >= 15 is 0 Å². The monoisotopic (exact) mass is 232 g/mol. The third kappa shape index (κ3) is 2.69. The summed E-state index contributed by atoms with van der Waals surface area (Å²) in [5.41, 5.74) is 4.83. The normalized spacial score (nSPS) is 19.1. The second kappa shape index (κ2) is 4.92. The van der Waals surface area contributed by atoms with Crippen LogP contribution in [-0.2, 0) is 0 Å². The second-order valence-electron chi connectivity index (χ2n) is 4.58. The predicted octanol–water partition coefficient (Wildman–Crippen LogP) is 0.229. The minimum absolute atomic E-state index is 0.345. The Morgan fingerprint density at radius 2 is 1.88 bits per heavy atom. The Bertz CT molecular complexity index is 403.